The lowest BCUT2D eigenvalue weighted by atomic mass is 9.95. The molecule has 40 heavy (non-hydrogen) atoms. The minimum Gasteiger partial charge on any atom is -0.507 e. The molecule has 4 aromatic rings. The van der Waals surface area contributed by atoms with E-state index in [-0.39, 0.29) is 39.9 Å². The van der Waals surface area contributed by atoms with Crippen molar-refractivity contribution in [1.29, 1.82) is 0 Å². The molecule has 0 spiro atoms. The molecule has 0 radical (unpaired) electrons. The Bertz CT molecular complexity index is 1570. The number of phenolic OH excluding ortho intramolecular Hbond substituents is 1. The van der Waals surface area contributed by atoms with Crippen molar-refractivity contribution in [2.45, 2.75) is 32.4 Å². The van der Waals surface area contributed by atoms with E-state index in [0.717, 1.165) is 24.8 Å². The van der Waals surface area contributed by atoms with Crippen LogP contribution in [-0.4, -0.2) is 83.7 Å². The Morgan fingerprint density at radius 3 is 2.62 bits per heavy atom. The fourth-order valence-corrected chi connectivity index (χ4v) is 5.62. The standard InChI is InChI=1S/C30H33ClFN5O3/c1-18-16-37(19(2)15-36(18)17-38)29-22-14-23(31)26(25-21-9-6-5-8-20(21)10-11-24(25)39)27(32)28(22)33-30(34-29)40-13-7-12-35(3)4/h5-6,8-11,14,17-19,39H,7,12-13,15-16H2,1-4H3/t18-,19+/m1/s1. The van der Waals surface area contributed by atoms with Crippen molar-refractivity contribution in [2.24, 2.45) is 0 Å². The van der Waals surface area contributed by atoms with E-state index >= 15 is 4.39 Å². The molecule has 1 fully saturated rings. The summed E-state index contributed by atoms with van der Waals surface area (Å²) in [6.45, 7) is 6.13. The van der Waals surface area contributed by atoms with Crippen molar-refractivity contribution in [3.8, 4) is 22.9 Å². The SMILES string of the molecule is C[C@@H]1CN(c2nc(OCCCN(C)C)nc3c(F)c(-c4c(O)ccc5ccccc45)c(Cl)cc23)[C@@H](C)CN1C=O. The Hall–Kier alpha value is -3.69. The first kappa shape index (κ1) is 27.9. The van der Waals surface area contributed by atoms with E-state index < -0.39 is 5.82 Å². The van der Waals surface area contributed by atoms with E-state index in [9.17, 15) is 9.90 Å². The first-order chi connectivity index (χ1) is 19.2. The van der Waals surface area contributed by atoms with Crippen LogP contribution in [0.25, 0.3) is 32.8 Å². The number of amides is 1. The van der Waals surface area contributed by atoms with Crippen LogP contribution in [0.15, 0.2) is 42.5 Å². The van der Waals surface area contributed by atoms with Gasteiger partial charge in [-0.25, -0.2) is 4.39 Å². The summed E-state index contributed by atoms with van der Waals surface area (Å²) in [7, 11) is 3.96. The highest BCUT2D eigenvalue weighted by Crippen LogP contribution is 2.45. The third-order valence-corrected chi connectivity index (χ3v) is 7.72. The maximum absolute atomic E-state index is 16.6. The highest BCUT2D eigenvalue weighted by molar-refractivity contribution is 6.35. The van der Waals surface area contributed by atoms with Crippen molar-refractivity contribution in [3.05, 3.63) is 53.3 Å². The summed E-state index contributed by atoms with van der Waals surface area (Å²) in [4.78, 5) is 26.7. The molecule has 2 heterocycles. The second kappa shape index (κ2) is 11.4. The lowest BCUT2D eigenvalue weighted by Gasteiger charge is -2.43. The number of anilines is 1. The van der Waals surface area contributed by atoms with Gasteiger partial charge in [-0.3, -0.25) is 4.79 Å². The molecular weight excluding hydrogens is 533 g/mol. The lowest BCUT2D eigenvalue weighted by molar-refractivity contribution is -0.120. The number of benzene rings is 3. The fraction of sp³-hybridized carbons (Fsp3) is 0.367. The Morgan fingerprint density at radius 2 is 1.88 bits per heavy atom. The molecule has 1 saturated heterocycles. The first-order valence-corrected chi connectivity index (χ1v) is 13.7. The number of aromatic hydroxyl groups is 1. The Balaban J connectivity index is 1.69. The lowest BCUT2D eigenvalue weighted by Crippen LogP contribution is -2.56. The van der Waals surface area contributed by atoms with E-state index in [2.05, 4.69) is 9.88 Å². The molecule has 2 atom stereocenters. The monoisotopic (exact) mass is 565 g/mol. The smallest absolute Gasteiger partial charge is 0.319 e. The number of halogens is 2. The van der Waals surface area contributed by atoms with Crippen molar-refractivity contribution >= 4 is 45.5 Å². The van der Waals surface area contributed by atoms with Crippen molar-refractivity contribution in [3.63, 3.8) is 0 Å². The van der Waals surface area contributed by atoms with Crippen LogP contribution < -0.4 is 9.64 Å². The molecule has 210 valence electrons. The third-order valence-electron chi connectivity index (χ3n) is 7.42. The normalized spacial score (nSPS) is 17.7. The van der Waals surface area contributed by atoms with Gasteiger partial charge in [-0.05, 0) is 57.3 Å². The molecule has 3 aromatic carbocycles. The zero-order valence-electron chi connectivity index (χ0n) is 23.1. The van der Waals surface area contributed by atoms with Crippen LogP contribution in [0, 0.1) is 5.82 Å². The summed E-state index contributed by atoms with van der Waals surface area (Å²) in [5.74, 6) is -0.254. The van der Waals surface area contributed by atoms with Gasteiger partial charge in [-0.15, -0.1) is 0 Å². The number of hydrogen-bond acceptors (Lipinski definition) is 7. The van der Waals surface area contributed by atoms with E-state index in [4.69, 9.17) is 21.3 Å². The van der Waals surface area contributed by atoms with Crippen LogP contribution in [0.5, 0.6) is 11.8 Å². The predicted molar refractivity (Wildman–Crippen MR) is 157 cm³/mol. The number of carbonyl (C=O) groups excluding carboxylic acids is 1. The Labute approximate surface area is 237 Å². The molecule has 5 rings (SSSR count). The van der Waals surface area contributed by atoms with E-state index in [0.29, 0.717) is 41.9 Å². The topological polar surface area (TPSA) is 82.0 Å². The minimum absolute atomic E-state index is 0.0528. The van der Waals surface area contributed by atoms with Crippen molar-refractivity contribution in [2.75, 3.05) is 45.2 Å². The minimum atomic E-state index is -0.664. The number of nitrogens with zero attached hydrogens (tertiary/aromatic N) is 5. The first-order valence-electron chi connectivity index (χ1n) is 13.4. The number of piperazine rings is 1. The molecule has 1 N–H and O–H groups in total. The Morgan fingerprint density at radius 1 is 1.10 bits per heavy atom. The van der Waals surface area contributed by atoms with Crippen LogP contribution in [0.1, 0.15) is 20.3 Å². The zero-order valence-corrected chi connectivity index (χ0v) is 23.8. The highest BCUT2D eigenvalue weighted by atomic mass is 35.5. The van der Waals surface area contributed by atoms with E-state index in [1.165, 1.54) is 6.07 Å². The molecule has 0 bridgehead atoms. The predicted octanol–water partition coefficient (Wildman–Crippen LogP) is 5.33. The number of hydrogen-bond donors (Lipinski definition) is 1. The average Bonchev–Trinajstić information content (AvgIpc) is 2.93. The summed E-state index contributed by atoms with van der Waals surface area (Å²) in [6.07, 6.45) is 1.60. The van der Waals surface area contributed by atoms with Gasteiger partial charge in [0.25, 0.3) is 0 Å². The molecule has 8 nitrogen and oxygen atoms in total. The van der Waals surface area contributed by atoms with Gasteiger partial charge < -0.3 is 24.5 Å². The molecule has 0 saturated carbocycles. The van der Waals surface area contributed by atoms with E-state index in [1.807, 2.05) is 57.1 Å². The number of fused-ring (bicyclic) bond motifs is 2. The number of aromatic nitrogens is 2. The molecular formula is C30H33ClFN5O3. The molecule has 1 aliphatic rings. The van der Waals surface area contributed by atoms with Gasteiger partial charge >= 0.3 is 6.01 Å². The van der Waals surface area contributed by atoms with Crippen LogP contribution in [-0.2, 0) is 4.79 Å². The van der Waals surface area contributed by atoms with Crippen LogP contribution in [0.2, 0.25) is 5.02 Å². The zero-order chi connectivity index (χ0) is 28.6. The van der Waals surface area contributed by atoms with Gasteiger partial charge in [0.2, 0.25) is 6.41 Å². The van der Waals surface area contributed by atoms with Crippen LogP contribution >= 0.6 is 11.6 Å². The molecule has 0 aliphatic carbocycles. The maximum Gasteiger partial charge on any atom is 0.319 e. The van der Waals surface area contributed by atoms with Gasteiger partial charge in [-0.2, -0.15) is 9.97 Å². The number of carbonyl (C=O) groups is 1. The second-order valence-electron chi connectivity index (χ2n) is 10.6. The van der Waals surface area contributed by atoms with Crippen molar-refractivity contribution < 1.29 is 19.0 Å². The largest absolute Gasteiger partial charge is 0.507 e. The van der Waals surface area contributed by atoms with Gasteiger partial charge in [0.1, 0.15) is 17.1 Å². The number of rotatable bonds is 8. The number of phenols is 1. The molecule has 10 heteroatoms. The summed E-state index contributed by atoms with van der Waals surface area (Å²) in [5, 5.41) is 12.9. The average molecular weight is 566 g/mol. The quantitative estimate of drug-likeness (QED) is 0.228. The Kier molecular flexibility index (Phi) is 7.96. The third kappa shape index (κ3) is 5.23. The number of ether oxygens (including phenoxy) is 1. The summed E-state index contributed by atoms with van der Waals surface area (Å²) in [6, 6.07) is 12.3. The summed E-state index contributed by atoms with van der Waals surface area (Å²) < 4.78 is 22.5. The second-order valence-corrected chi connectivity index (χ2v) is 11.0. The van der Waals surface area contributed by atoms with Gasteiger partial charge in [-0.1, -0.05) is 41.9 Å². The van der Waals surface area contributed by atoms with Gasteiger partial charge in [0.05, 0.1) is 11.6 Å². The maximum atomic E-state index is 16.6. The van der Waals surface area contributed by atoms with Crippen molar-refractivity contribution in [1.82, 2.24) is 19.8 Å². The van der Waals surface area contributed by atoms with Gasteiger partial charge in [0, 0.05) is 48.2 Å². The molecule has 1 aromatic heterocycles. The molecule has 0 unspecified atom stereocenters. The van der Waals surface area contributed by atoms with Crippen LogP contribution in [0.4, 0.5) is 10.2 Å². The molecule has 1 amide bonds. The van der Waals surface area contributed by atoms with Crippen LogP contribution in [0.3, 0.4) is 0 Å². The fourth-order valence-electron chi connectivity index (χ4n) is 5.33. The van der Waals surface area contributed by atoms with E-state index in [1.54, 1.807) is 17.0 Å². The summed E-state index contributed by atoms with van der Waals surface area (Å²) in [5.41, 5.74) is 0.425. The highest BCUT2D eigenvalue weighted by Gasteiger charge is 2.32. The summed E-state index contributed by atoms with van der Waals surface area (Å²) >= 11 is 6.79. The molecule has 1 aliphatic heterocycles. The van der Waals surface area contributed by atoms with Gasteiger partial charge in [0.15, 0.2) is 5.82 Å².